The number of benzene rings is 1. The van der Waals surface area contributed by atoms with Gasteiger partial charge in [0.1, 0.15) is 12.2 Å². The molecule has 1 heterocycles. The van der Waals surface area contributed by atoms with Crippen molar-refractivity contribution in [2.75, 3.05) is 5.73 Å². The van der Waals surface area contributed by atoms with E-state index in [1.54, 1.807) is 16.8 Å². The van der Waals surface area contributed by atoms with Crippen molar-refractivity contribution in [3.05, 3.63) is 34.8 Å². The van der Waals surface area contributed by atoms with Crippen molar-refractivity contribution in [1.82, 2.24) is 14.8 Å². The number of aromatic nitrogens is 3. The molecule has 0 spiro atoms. The van der Waals surface area contributed by atoms with E-state index in [2.05, 4.69) is 39.9 Å². The number of halogens is 1. The number of hydrogen-bond donors (Lipinski definition) is 1. The molecule has 0 bridgehead atoms. The highest BCUT2D eigenvalue weighted by Gasteiger charge is 2.14. The molecule has 0 fully saturated rings. The molecule has 2 rings (SSSR count). The number of hydrogen-bond acceptors (Lipinski definition) is 4. The maximum Gasteiger partial charge on any atom is 0.139 e. The Balaban J connectivity index is 2.20. The summed E-state index contributed by atoms with van der Waals surface area (Å²) >= 11 is 3.37. The number of nitrogens with two attached hydrogens (primary N) is 1. The summed E-state index contributed by atoms with van der Waals surface area (Å²) in [5, 5.41) is 4.17. The molecule has 1 unspecified atom stereocenters. The summed E-state index contributed by atoms with van der Waals surface area (Å²) < 4.78 is 15.1. The van der Waals surface area contributed by atoms with Gasteiger partial charge in [0.15, 0.2) is 0 Å². The summed E-state index contributed by atoms with van der Waals surface area (Å²) in [6, 6.07) is 5.36. The van der Waals surface area contributed by atoms with E-state index in [0.717, 1.165) is 16.8 Å². The first-order chi connectivity index (χ1) is 9.47. The van der Waals surface area contributed by atoms with Gasteiger partial charge in [-0.15, -0.1) is 0 Å². The zero-order valence-corrected chi connectivity index (χ0v) is 13.8. The van der Waals surface area contributed by atoms with Crippen LogP contribution in [0.5, 0.6) is 0 Å². The lowest BCUT2D eigenvalue weighted by Crippen LogP contribution is -2.12. The predicted octanol–water partition coefficient (Wildman–Crippen LogP) is 2.59. The molecule has 7 heteroatoms. The molecule has 0 saturated heterocycles. The van der Waals surface area contributed by atoms with Crippen molar-refractivity contribution in [3.8, 4) is 0 Å². The molecule has 1 aromatic heterocycles. The van der Waals surface area contributed by atoms with Gasteiger partial charge in [0.05, 0.1) is 21.4 Å². The minimum absolute atomic E-state index is 0.313. The maximum atomic E-state index is 12.5. The van der Waals surface area contributed by atoms with E-state index in [4.69, 9.17) is 5.73 Å². The van der Waals surface area contributed by atoms with Crippen molar-refractivity contribution in [3.63, 3.8) is 0 Å². The van der Waals surface area contributed by atoms with Crippen molar-refractivity contribution in [1.29, 1.82) is 0 Å². The van der Waals surface area contributed by atoms with Crippen LogP contribution in [0.25, 0.3) is 0 Å². The van der Waals surface area contributed by atoms with Gasteiger partial charge >= 0.3 is 0 Å². The van der Waals surface area contributed by atoms with Crippen LogP contribution < -0.4 is 5.73 Å². The average Bonchev–Trinajstić information content (AvgIpc) is 2.78. The molecule has 1 aromatic carbocycles. The van der Waals surface area contributed by atoms with E-state index in [-0.39, 0.29) is 0 Å². The lowest BCUT2D eigenvalue weighted by Gasteiger charge is -2.09. The highest BCUT2D eigenvalue weighted by atomic mass is 79.9. The van der Waals surface area contributed by atoms with E-state index in [9.17, 15) is 4.21 Å². The van der Waals surface area contributed by atoms with Crippen LogP contribution in [0.15, 0.2) is 33.9 Å². The van der Waals surface area contributed by atoms with Crippen LogP contribution in [0.4, 0.5) is 5.69 Å². The Morgan fingerprint density at radius 1 is 1.45 bits per heavy atom. The van der Waals surface area contributed by atoms with Crippen molar-refractivity contribution >= 4 is 32.4 Å². The second-order valence-corrected chi connectivity index (χ2v) is 7.26. The third-order valence-corrected chi connectivity index (χ3v) is 4.57. The Labute approximate surface area is 129 Å². The zero-order valence-electron chi connectivity index (χ0n) is 11.4. The van der Waals surface area contributed by atoms with Gasteiger partial charge in [-0.3, -0.25) is 4.21 Å². The second-order valence-electron chi connectivity index (χ2n) is 4.92. The van der Waals surface area contributed by atoms with Gasteiger partial charge in [-0.25, -0.2) is 9.67 Å². The summed E-state index contributed by atoms with van der Waals surface area (Å²) in [6.07, 6.45) is 1.50. The minimum Gasteiger partial charge on any atom is -0.398 e. The fourth-order valence-electron chi connectivity index (χ4n) is 1.80. The smallest absolute Gasteiger partial charge is 0.139 e. The van der Waals surface area contributed by atoms with Crippen LogP contribution in [0.2, 0.25) is 0 Å². The van der Waals surface area contributed by atoms with Crippen LogP contribution in [-0.4, -0.2) is 19.0 Å². The standard InChI is InChI=1S/C13H17BrN4OS/c1-9(2)6-18-13(16-8-17-18)7-20(19)12-5-10(14)3-4-11(12)15/h3-5,8-9H,6-7,15H2,1-2H3. The largest absolute Gasteiger partial charge is 0.398 e. The molecule has 20 heavy (non-hydrogen) atoms. The summed E-state index contributed by atoms with van der Waals surface area (Å²) in [7, 11) is -1.24. The minimum atomic E-state index is -1.24. The molecular formula is C13H17BrN4OS. The van der Waals surface area contributed by atoms with Gasteiger partial charge in [-0.2, -0.15) is 5.10 Å². The van der Waals surface area contributed by atoms with Crippen LogP contribution >= 0.6 is 15.9 Å². The Hall–Kier alpha value is -1.21. The topological polar surface area (TPSA) is 73.8 Å². The highest BCUT2D eigenvalue weighted by molar-refractivity contribution is 9.10. The Morgan fingerprint density at radius 3 is 2.90 bits per heavy atom. The zero-order chi connectivity index (χ0) is 14.7. The first kappa shape index (κ1) is 15.2. The molecule has 0 radical (unpaired) electrons. The molecule has 0 saturated carbocycles. The molecule has 0 aliphatic carbocycles. The van der Waals surface area contributed by atoms with Crippen LogP contribution in [-0.2, 0) is 23.1 Å². The number of nitrogen functional groups attached to an aromatic ring is 1. The summed E-state index contributed by atoms with van der Waals surface area (Å²) in [5.74, 6) is 1.49. The quantitative estimate of drug-likeness (QED) is 0.835. The van der Waals surface area contributed by atoms with Gasteiger partial charge in [-0.05, 0) is 24.1 Å². The van der Waals surface area contributed by atoms with E-state index in [0.29, 0.717) is 22.3 Å². The average molecular weight is 357 g/mol. The molecule has 2 aromatic rings. The predicted molar refractivity (Wildman–Crippen MR) is 83.5 cm³/mol. The van der Waals surface area contributed by atoms with Gasteiger partial charge in [0.25, 0.3) is 0 Å². The van der Waals surface area contributed by atoms with Crippen LogP contribution in [0.1, 0.15) is 19.7 Å². The SMILES string of the molecule is CC(C)Cn1ncnc1CS(=O)c1cc(Br)ccc1N. The normalized spacial score (nSPS) is 12.8. The molecule has 2 N–H and O–H groups in total. The van der Waals surface area contributed by atoms with Crippen molar-refractivity contribution < 1.29 is 4.21 Å². The lowest BCUT2D eigenvalue weighted by molar-refractivity contribution is 0.471. The first-order valence-corrected chi connectivity index (χ1v) is 8.38. The fourth-order valence-corrected chi connectivity index (χ4v) is 3.51. The van der Waals surface area contributed by atoms with E-state index >= 15 is 0 Å². The van der Waals surface area contributed by atoms with Gasteiger partial charge in [0.2, 0.25) is 0 Å². The monoisotopic (exact) mass is 356 g/mol. The van der Waals surface area contributed by atoms with Crippen LogP contribution in [0, 0.1) is 5.92 Å². The number of anilines is 1. The summed E-state index contributed by atoms with van der Waals surface area (Å²) in [5.41, 5.74) is 6.41. The Morgan fingerprint density at radius 2 is 2.20 bits per heavy atom. The summed E-state index contributed by atoms with van der Waals surface area (Å²) in [6.45, 7) is 4.98. The Kier molecular flexibility index (Phi) is 4.93. The van der Waals surface area contributed by atoms with Crippen LogP contribution in [0.3, 0.4) is 0 Å². The molecule has 108 valence electrons. The van der Waals surface area contributed by atoms with E-state index < -0.39 is 10.8 Å². The molecule has 0 amide bonds. The third kappa shape index (κ3) is 3.67. The maximum absolute atomic E-state index is 12.5. The van der Waals surface area contributed by atoms with Gasteiger partial charge in [0, 0.05) is 16.7 Å². The van der Waals surface area contributed by atoms with E-state index in [1.807, 2.05) is 6.07 Å². The molecular weight excluding hydrogens is 340 g/mol. The molecule has 0 aliphatic rings. The third-order valence-electron chi connectivity index (χ3n) is 2.71. The summed E-state index contributed by atoms with van der Waals surface area (Å²) in [4.78, 5) is 4.82. The first-order valence-electron chi connectivity index (χ1n) is 6.27. The molecule has 0 aliphatic heterocycles. The molecule has 1 atom stereocenters. The number of nitrogens with zero attached hydrogens (tertiary/aromatic N) is 3. The van der Waals surface area contributed by atoms with Gasteiger partial charge in [-0.1, -0.05) is 29.8 Å². The highest BCUT2D eigenvalue weighted by Crippen LogP contribution is 2.23. The van der Waals surface area contributed by atoms with Gasteiger partial charge < -0.3 is 5.73 Å². The van der Waals surface area contributed by atoms with Crippen molar-refractivity contribution in [2.45, 2.75) is 31.0 Å². The Bertz CT molecular complexity index is 627. The second kappa shape index (κ2) is 6.49. The fraction of sp³-hybridized carbons (Fsp3) is 0.385. The number of rotatable bonds is 5. The van der Waals surface area contributed by atoms with E-state index in [1.165, 1.54) is 6.33 Å². The molecule has 5 nitrogen and oxygen atoms in total. The lowest BCUT2D eigenvalue weighted by atomic mass is 10.2. The van der Waals surface area contributed by atoms with Crippen molar-refractivity contribution in [2.24, 2.45) is 5.92 Å².